The normalized spacial score (nSPS) is 13.7. The number of rotatable bonds is 9. The number of Topliss-reactive ketones (excluding diaryl/α,β-unsaturated/α-hetero) is 1. The maximum Gasteiger partial charge on any atom is 0.229 e. The van der Waals surface area contributed by atoms with Crippen molar-refractivity contribution in [2.24, 2.45) is 5.92 Å². The highest BCUT2D eigenvalue weighted by Crippen LogP contribution is 2.54. The number of ketones is 1. The van der Waals surface area contributed by atoms with Crippen LogP contribution in [-0.4, -0.2) is 37.6 Å². The molecule has 0 spiro atoms. The van der Waals surface area contributed by atoms with E-state index >= 15 is 0 Å². The average Bonchev–Trinajstić information content (AvgIpc) is 3.10. The van der Waals surface area contributed by atoms with E-state index in [4.69, 9.17) is 5.73 Å². The van der Waals surface area contributed by atoms with Gasteiger partial charge in [-0.15, -0.1) is 0 Å². The summed E-state index contributed by atoms with van der Waals surface area (Å²) in [5.74, 6) is -3.50. The standard InChI is InChI=1S/C42H40N2O7S2/c1-19(2)31-23-15-21(5)33(34-22(6)16-24-32(20(3)4)42(51)38(47)26(18-45)36(24)40(34)49)39(48)35(23)25(37(46)41(31)50)17-44-28-12-8-10-14-30(28)53-52-29-13-9-7-11-27(29)43/h7-20,44,47-51H,43H2,1-6H3. The molecule has 272 valence electrons. The summed E-state index contributed by atoms with van der Waals surface area (Å²) in [6.07, 6.45) is 1.83. The molecule has 0 atom stereocenters. The highest BCUT2D eigenvalue weighted by molar-refractivity contribution is 8.76. The number of nitrogens with one attached hydrogen (secondary N) is 1. The van der Waals surface area contributed by atoms with Crippen molar-refractivity contribution in [3.63, 3.8) is 0 Å². The minimum absolute atomic E-state index is 0.00316. The maximum atomic E-state index is 14.0. The molecule has 0 fully saturated rings. The second kappa shape index (κ2) is 14.5. The predicted octanol–water partition coefficient (Wildman–Crippen LogP) is 10.2. The molecule has 5 aromatic carbocycles. The summed E-state index contributed by atoms with van der Waals surface area (Å²) in [5.41, 5.74) is 9.92. The number of carbonyl (C=O) groups excluding carboxylic acids is 2. The molecule has 0 aromatic heterocycles. The number of aryl methyl sites for hydroxylation is 2. The van der Waals surface area contributed by atoms with Gasteiger partial charge >= 0.3 is 0 Å². The van der Waals surface area contributed by atoms with E-state index in [1.54, 1.807) is 26.0 Å². The smallest absolute Gasteiger partial charge is 0.229 e. The van der Waals surface area contributed by atoms with E-state index in [9.17, 15) is 35.1 Å². The first-order valence-electron chi connectivity index (χ1n) is 17.0. The number of phenols is 4. The lowest BCUT2D eigenvalue weighted by molar-refractivity contribution is -0.112. The molecule has 1 aliphatic rings. The molecule has 6 rings (SSSR count). The molecule has 53 heavy (non-hydrogen) atoms. The van der Waals surface area contributed by atoms with Gasteiger partial charge in [0.1, 0.15) is 11.5 Å². The quantitative estimate of drug-likeness (QED) is 0.0251. The van der Waals surface area contributed by atoms with Crippen LogP contribution in [0.5, 0.6) is 23.0 Å². The number of fused-ring (bicyclic) bond motifs is 2. The first kappa shape index (κ1) is 37.2. The summed E-state index contributed by atoms with van der Waals surface area (Å²) in [6, 6.07) is 18.5. The summed E-state index contributed by atoms with van der Waals surface area (Å²) in [4.78, 5) is 28.1. The molecule has 0 saturated heterocycles. The molecule has 9 nitrogen and oxygen atoms in total. The summed E-state index contributed by atoms with van der Waals surface area (Å²) in [5, 5.41) is 60.9. The van der Waals surface area contributed by atoms with Crippen LogP contribution in [0.4, 0.5) is 11.4 Å². The zero-order chi connectivity index (χ0) is 38.5. The lowest BCUT2D eigenvalue weighted by atomic mass is 9.77. The number of nitrogen functional groups attached to an aromatic ring is 1. The highest BCUT2D eigenvalue weighted by Gasteiger charge is 2.36. The van der Waals surface area contributed by atoms with Crippen LogP contribution in [0.3, 0.4) is 0 Å². The Labute approximate surface area is 315 Å². The number of hydrogen-bond acceptors (Lipinski definition) is 11. The van der Waals surface area contributed by atoms with Crippen molar-refractivity contribution in [2.75, 3.05) is 11.1 Å². The van der Waals surface area contributed by atoms with Crippen molar-refractivity contribution in [3.8, 4) is 34.1 Å². The molecule has 5 aromatic rings. The topological polar surface area (TPSA) is 173 Å². The fraction of sp³-hybridized carbons (Fsp3) is 0.190. The SMILES string of the molecule is Cc1cc2c(c(O)c1-c1c(C)cc3c(C(C)C)c(O)c(O)c(C=O)c3c1O)C(=CNc1ccccc1SSc1ccccc1N)C(=O)C(O)=C2C(C)C. The van der Waals surface area contributed by atoms with Crippen LogP contribution in [-0.2, 0) is 4.79 Å². The molecule has 0 bridgehead atoms. The molecule has 8 N–H and O–H groups in total. The Hall–Kier alpha value is -5.52. The first-order valence-corrected chi connectivity index (χ1v) is 19.1. The Bertz CT molecular complexity index is 2410. The number of phenolic OH excluding ortho intramolecular Hbond substituents is 4. The molecule has 11 heteroatoms. The number of anilines is 2. The van der Waals surface area contributed by atoms with E-state index in [0.717, 1.165) is 9.79 Å². The summed E-state index contributed by atoms with van der Waals surface area (Å²) in [6.45, 7) is 10.8. The number of hydrogen-bond donors (Lipinski definition) is 7. The van der Waals surface area contributed by atoms with E-state index in [2.05, 4.69) is 5.32 Å². The largest absolute Gasteiger partial charge is 0.507 e. The van der Waals surface area contributed by atoms with Crippen molar-refractivity contribution in [1.82, 2.24) is 0 Å². The molecular formula is C42H40N2O7S2. The zero-order valence-electron chi connectivity index (χ0n) is 30.0. The summed E-state index contributed by atoms with van der Waals surface area (Å²) in [7, 11) is 2.96. The Balaban J connectivity index is 1.56. The number of carbonyl (C=O) groups is 2. The lowest BCUT2D eigenvalue weighted by Crippen LogP contribution is -2.19. The van der Waals surface area contributed by atoms with Crippen molar-refractivity contribution < 1.29 is 35.1 Å². The van der Waals surface area contributed by atoms with Crippen LogP contribution in [0, 0.1) is 19.8 Å². The maximum absolute atomic E-state index is 14.0. The zero-order valence-corrected chi connectivity index (χ0v) is 31.7. The number of aliphatic hydroxyl groups is 1. The molecule has 0 unspecified atom stereocenters. The van der Waals surface area contributed by atoms with Crippen molar-refractivity contribution in [1.29, 1.82) is 0 Å². The van der Waals surface area contributed by atoms with Crippen LogP contribution in [0.25, 0.3) is 33.0 Å². The number of allylic oxidation sites excluding steroid dienone is 2. The number of aliphatic hydroxyl groups excluding tert-OH is 1. The first-order chi connectivity index (χ1) is 25.2. The van der Waals surface area contributed by atoms with E-state index in [-0.39, 0.29) is 56.5 Å². The molecule has 1 aliphatic carbocycles. The van der Waals surface area contributed by atoms with Crippen LogP contribution in [0.15, 0.2) is 82.4 Å². The van der Waals surface area contributed by atoms with Gasteiger partial charge in [0.25, 0.3) is 0 Å². The third-order valence-corrected chi connectivity index (χ3v) is 12.0. The summed E-state index contributed by atoms with van der Waals surface area (Å²) >= 11 is 0. The van der Waals surface area contributed by atoms with Gasteiger partial charge in [0.2, 0.25) is 5.78 Å². The third kappa shape index (κ3) is 6.34. The van der Waals surface area contributed by atoms with Gasteiger partial charge < -0.3 is 36.6 Å². The molecule has 0 heterocycles. The fourth-order valence-corrected chi connectivity index (χ4v) is 9.33. The number of aldehydes is 1. The van der Waals surface area contributed by atoms with Crippen LogP contribution < -0.4 is 11.1 Å². The second-order valence-corrected chi connectivity index (χ2v) is 15.8. The number of nitrogens with two attached hydrogens (primary N) is 1. The van der Waals surface area contributed by atoms with Gasteiger partial charge in [0, 0.05) is 54.9 Å². The van der Waals surface area contributed by atoms with Crippen LogP contribution in [0.1, 0.15) is 71.8 Å². The van der Waals surface area contributed by atoms with E-state index in [1.807, 2.05) is 76.2 Å². The minimum atomic E-state index is -0.694. The van der Waals surface area contributed by atoms with E-state index in [0.29, 0.717) is 50.9 Å². The van der Waals surface area contributed by atoms with Gasteiger partial charge in [0.15, 0.2) is 23.5 Å². The number of aromatic hydroxyl groups is 4. The van der Waals surface area contributed by atoms with Crippen LogP contribution in [0.2, 0.25) is 0 Å². The van der Waals surface area contributed by atoms with Crippen molar-refractivity contribution in [2.45, 2.75) is 57.3 Å². The Kier molecular flexibility index (Phi) is 10.2. The lowest BCUT2D eigenvalue weighted by Gasteiger charge is -2.28. The monoisotopic (exact) mass is 748 g/mol. The van der Waals surface area contributed by atoms with Gasteiger partial charge in [-0.3, -0.25) is 9.59 Å². The second-order valence-electron chi connectivity index (χ2n) is 13.6. The molecule has 0 radical (unpaired) electrons. The van der Waals surface area contributed by atoms with Gasteiger partial charge in [-0.25, -0.2) is 0 Å². The number of benzene rings is 5. The molecule has 0 aliphatic heterocycles. The Morgan fingerprint density at radius 1 is 0.736 bits per heavy atom. The van der Waals surface area contributed by atoms with Gasteiger partial charge in [-0.1, -0.05) is 85.7 Å². The fourth-order valence-electron chi connectivity index (χ4n) is 7.07. The predicted molar refractivity (Wildman–Crippen MR) is 215 cm³/mol. The Morgan fingerprint density at radius 3 is 1.98 bits per heavy atom. The van der Waals surface area contributed by atoms with E-state index in [1.165, 1.54) is 27.8 Å². The number of para-hydroxylation sites is 2. The van der Waals surface area contributed by atoms with Crippen molar-refractivity contribution in [3.05, 3.63) is 106 Å². The third-order valence-electron chi connectivity index (χ3n) is 9.49. The molecule has 0 amide bonds. The summed E-state index contributed by atoms with van der Waals surface area (Å²) < 4.78 is 0. The minimum Gasteiger partial charge on any atom is -0.507 e. The van der Waals surface area contributed by atoms with Crippen LogP contribution >= 0.6 is 21.6 Å². The van der Waals surface area contributed by atoms with Gasteiger partial charge in [0.05, 0.1) is 16.8 Å². The van der Waals surface area contributed by atoms with E-state index < -0.39 is 23.0 Å². The Morgan fingerprint density at radius 2 is 1.34 bits per heavy atom. The highest BCUT2D eigenvalue weighted by atomic mass is 33.1. The van der Waals surface area contributed by atoms with Gasteiger partial charge in [-0.2, -0.15) is 0 Å². The van der Waals surface area contributed by atoms with Gasteiger partial charge in [-0.05, 0) is 72.0 Å². The molecular weight excluding hydrogens is 709 g/mol. The average molecular weight is 749 g/mol. The van der Waals surface area contributed by atoms with Crippen molar-refractivity contribution >= 4 is 67.0 Å². The molecule has 0 saturated carbocycles.